The highest BCUT2D eigenvalue weighted by atomic mass is 16.5. The Balaban J connectivity index is 1.70. The Hall–Kier alpha value is -2.86. The highest BCUT2D eigenvalue weighted by Gasteiger charge is 2.19. The van der Waals surface area contributed by atoms with E-state index in [1.54, 1.807) is 11.2 Å². The lowest BCUT2D eigenvalue weighted by Gasteiger charge is -2.24. The standard InChI is InChI=1S/C19H21N3O3/c1-15-11-16(20-25-15)12-21(2)14-19(23)22(13-18-9-6-10-24-18)17-7-4-3-5-8-17/h3-11H,12-14H2,1-2H3. The molecule has 0 radical (unpaired) electrons. The quantitative estimate of drug-likeness (QED) is 0.661. The Morgan fingerprint density at radius 1 is 1.12 bits per heavy atom. The van der Waals surface area contributed by atoms with Gasteiger partial charge in [-0.15, -0.1) is 0 Å². The van der Waals surface area contributed by atoms with E-state index in [4.69, 9.17) is 8.94 Å². The normalized spacial score (nSPS) is 11.0. The number of aromatic nitrogens is 1. The Morgan fingerprint density at radius 2 is 1.92 bits per heavy atom. The van der Waals surface area contributed by atoms with E-state index in [0.717, 1.165) is 22.9 Å². The minimum Gasteiger partial charge on any atom is -0.467 e. The molecule has 0 saturated carbocycles. The summed E-state index contributed by atoms with van der Waals surface area (Å²) in [5, 5.41) is 3.97. The van der Waals surface area contributed by atoms with Crippen LogP contribution in [0, 0.1) is 6.92 Å². The molecule has 6 heteroatoms. The molecule has 25 heavy (non-hydrogen) atoms. The number of para-hydroxylation sites is 1. The van der Waals surface area contributed by atoms with Crippen molar-refractivity contribution in [3.8, 4) is 0 Å². The number of amides is 1. The van der Waals surface area contributed by atoms with Gasteiger partial charge in [0.15, 0.2) is 0 Å². The van der Waals surface area contributed by atoms with Crippen molar-refractivity contribution in [2.45, 2.75) is 20.0 Å². The lowest BCUT2D eigenvalue weighted by atomic mass is 10.2. The smallest absolute Gasteiger partial charge is 0.241 e. The average molecular weight is 339 g/mol. The Morgan fingerprint density at radius 3 is 2.56 bits per heavy atom. The van der Waals surface area contributed by atoms with Crippen molar-refractivity contribution in [1.29, 1.82) is 0 Å². The van der Waals surface area contributed by atoms with E-state index >= 15 is 0 Å². The predicted molar refractivity (Wildman–Crippen MR) is 93.9 cm³/mol. The molecule has 3 aromatic rings. The summed E-state index contributed by atoms with van der Waals surface area (Å²) in [4.78, 5) is 16.5. The van der Waals surface area contributed by atoms with Crippen LogP contribution in [-0.4, -0.2) is 29.6 Å². The first-order valence-electron chi connectivity index (χ1n) is 8.10. The van der Waals surface area contributed by atoms with Crippen LogP contribution in [-0.2, 0) is 17.9 Å². The third kappa shape index (κ3) is 4.58. The molecule has 0 aliphatic carbocycles. The van der Waals surface area contributed by atoms with E-state index in [1.165, 1.54) is 0 Å². The summed E-state index contributed by atoms with van der Waals surface area (Å²) in [6.07, 6.45) is 1.61. The lowest BCUT2D eigenvalue weighted by Crippen LogP contribution is -2.38. The topological polar surface area (TPSA) is 62.7 Å². The number of benzene rings is 1. The Bertz CT molecular complexity index is 796. The van der Waals surface area contributed by atoms with E-state index < -0.39 is 0 Å². The van der Waals surface area contributed by atoms with Gasteiger partial charge < -0.3 is 13.8 Å². The second kappa shape index (κ2) is 7.81. The number of hydrogen-bond acceptors (Lipinski definition) is 5. The molecule has 0 aliphatic rings. The molecule has 1 aromatic carbocycles. The van der Waals surface area contributed by atoms with Gasteiger partial charge in [0.2, 0.25) is 5.91 Å². The third-order valence-corrected chi connectivity index (χ3v) is 3.78. The molecule has 2 heterocycles. The fraction of sp³-hybridized carbons (Fsp3) is 0.263. The molecule has 0 N–H and O–H groups in total. The maximum absolute atomic E-state index is 12.9. The van der Waals surface area contributed by atoms with Gasteiger partial charge in [-0.25, -0.2) is 0 Å². The number of hydrogen-bond donors (Lipinski definition) is 0. The van der Waals surface area contributed by atoms with E-state index in [2.05, 4.69) is 5.16 Å². The number of nitrogens with zero attached hydrogens (tertiary/aromatic N) is 3. The maximum Gasteiger partial charge on any atom is 0.241 e. The second-order valence-corrected chi connectivity index (χ2v) is 6.00. The van der Waals surface area contributed by atoms with Crippen LogP contribution >= 0.6 is 0 Å². The first-order valence-corrected chi connectivity index (χ1v) is 8.10. The molecule has 0 fully saturated rings. The zero-order valence-electron chi connectivity index (χ0n) is 14.4. The highest BCUT2D eigenvalue weighted by molar-refractivity contribution is 5.94. The van der Waals surface area contributed by atoms with E-state index in [0.29, 0.717) is 13.1 Å². The van der Waals surface area contributed by atoms with Crippen LogP contribution in [0.3, 0.4) is 0 Å². The van der Waals surface area contributed by atoms with Gasteiger partial charge in [0, 0.05) is 18.3 Å². The minimum absolute atomic E-state index is 0.00897. The number of likely N-dealkylation sites (N-methyl/N-ethyl adjacent to an activating group) is 1. The largest absolute Gasteiger partial charge is 0.467 e. The van der Waals surface area contributed by atoms with Crippen molar-refractivity contribution >= 4 is 11.6 Å². The van der Waals surface area contributed by atoms with Crippen molar-refractivity contribution in [2.75, 3.05) is 18.5 Å². The maximum atomic E-state index is 12.9. The molecular weight excluding hydrogens is 318 g/mol. The Labute approximate surface area is 146 Å². The summed E-state index contributed by atoms with van der Waals surface area (Å²) in [6, 6.07) is 15.2. The van der Waals surface area contributed by atoms with E-state index in [1.807, 2.05) is 67.4 Å². The van der Waals surface area contributed by atoms with Crippen LogP contribution in [0.15, 0.2) is 63.7 Å². The van der Waals surface area contributed by atoms with Crippen LogP contribution in [0.1, 0.15) is 17.2 Å². The highest BCUT2D eigenvalue weighted by Crippen LogP contribution is 2.18. The van der Waals surface area contributed by atoms with E-state index in [-0.39, 0.29) is 12.5 Å². The van der Waals surface area contributed by atoms with Crippen LogP contribution in [0.25, 0.3) is 0 Å². The second-order valence-electron chi connectivity index (χ2n) is 6.00. The zero-order chi connectivity index (χ0) is 17.6. The van der Waals surface area contributed by atoms with Crippen molar-refractivity contribution in [2.24, 2.45) is 0 Å². The van der Waals surface area contributed by atoms with Crippen LogP contribution in [0.5, 0.6) is 0 Å². The van der Waals surface area contributed by atoms with Crippen molar-refractivity contribution in [3.63, 3.8) is 0 Å². The fourth-order valence-corrected chi connectivity index (χ4v) is 2.63. The molecule has 3 rings (SSSR count). The van der Waals surface area contributed by atoms with Crippen LogP contribution < -0.4 is 4.90 Å². The number of carbonyl (C=O) groups excluding carboxylic acids is 1. The molecule has 2 aromatic heterocycles. The van der Waals surface area contributed by atoms with Gasteiger partial charge in [-0.2, -0.15) is 0 Å². The van der Waals surface area contributed by atoms with Crippen LogP contribution in [0.4, 0.5) is 5.69 Å². The van der Waals surface area contributed by atoms with Gasteiger partial charge in [-0.1, -0.05) is 23.4 Å². The molecular formula is C19H21N3O3. The van der Waals surface area contributed by atoms with Gasteiger partial charge in [0.1, 0.15) is 11.5 Å². The molecule has 0 unspecified atom stereocenters. The SMILES string of the molecule is Cc1cc(CN(C)CC(=O)N(Cc2ccco2)c2ccccc2)no1. The molecule has 0 bridgehead atoms. The summed E-state index contributed by atoms with van der Waals surface area (Å²) < 4.78 is 10.5. The van der Waals surface area contributed by atoms with Crippen LogP contribution in [0.2, 0.25) is 0 Å². The number of rotatable bonds is 7. The third-order valence-electron chi connectivity index (χ3n) is 3.78. The minimum atomic E-state index is -0.00897. The average Bonchev–Trinajstić information content (AvgIpc) is 3.25. The van der Waals surface area contributed by atoms with Crippen molar-refractivity contribution in [3.05, 3.63) is 72.0 Å². The first kappa shape index (κ1) is 17.0. The van der Waals surface area contributed by atoms with Crippen molar-refractivity contribution < 1.29 is 13.7 Å². The molecule has 1 amide bonds. The summed E-state index contributed by atoms with van der Waals surface area (Å²) in [5.74, 6) is 1.50. The summed E-state index contributed by atoms with van der Waals surface area (Å²) in [5.41, 5.74) is 1.65. The van der Waals surface area contributed by atoms with Gasteiger partial charge in [0.05, 0.1) is 25.0 Å². The first-order chi connectivity index (χ1) is 12.1. The Kier molecular flexibility index (Phi) is 5.30. The van der Waals surface area contributed by atoms with Gasteiger partial charge in [0.25, 0.3) is 0 Å². The molecule has 6 nitrogen and oxygen atoms in total. The number of carbonyl (C=O) groups is 1. The number of furan rings is 1. The molecule has 0 aliphatic heterocycles. The van der Waals surface area contributed by atoms with Gasteiger partial charge >= 0.3 is 0 Å². The van der Waals surface area contributed by atoms with E-state index in [9.17, 15) is 4.79 Å². The number of anilines is 1. The number of aryl methyl sites for hydroxylation is 1. The summed E-state index contributed by atoms with van der Waals surface area (Å²) in [6.45, 7) is 3.06. The lowest BCUT2D eigenvalue weighted by molar-refractivity contribution is -0.119. The fourth-order valence-electron chi connectivity index (χ4n) is 2.63. The van der Waals surface area contributed by atoms with Gasteiger partial charge in [-0.3, -0.25) is 9.69 Å². The molecule has 0 atom stereocenters. The zero-order valence-corrected chi connectivity index (χ0v) is 14.4. The monoisotopic (exact) mass is 339 g/mol. The predicted octanol–water partition coefficient (Wildman–Crippen LogP) is 3.24. The molecule has 0 saturated heterocycles. The summed E-state index contributed by atoms with van der Waals surface area (Å²) >= 11 is 0. The summed E-state index contributed by atoms with van der Waals surface area (Å²) in [7, 11) is 1.89. The molecule has 0 spiro atoms. The van der Waals surface area contributed by atoms with Gasteiger partial charge in [-0.05, 0) is 38.2 Å². The van der Waals surface area contributed by atoms with Crippen molar-refractivity contribution in [1.82, 2.24) is 10.1 Å². The molecule has 130 valence electrons.